The summed E-state index contributed by atoms with van der Waals surface area (Å²) < 4.78 is 32.4. The number of benzene rings is 2. The number of hydrogen-bond donors (Lipinski definition) is 2. The first-order valence-electron chi connectivity index (χ1n) is 10.1. The molecule has 0 aliphatic carbocycles. The molecular formula is C22H27N3O5S. The number of sulfonamides is 1. The van der Waals surface area contributed by atoms with E-state index >= 15 is 0 Å². The zero-order valence-electron chi connectivity index (χ0n) is 17.7. The summed E-state index contributed by atoms with van der Waals surface area (Å²) in [6.45, 7) is 3.41. The van der Waals surface area contributed by atoms with Gasteiger partial charge in [-0.05, 0) is 49.6 Å². The SMILES string of the molecule is COCCNC(=O)c1ccccc1NC(=O)c1ccc(C)c(S(=O)(=O)N2CCCC2)c1. The molecule has 8 nitrogen and oxygen atoms in total. The minimum Gasteiger partial charge on any atom is -0.383 e. The summed E-state index contributed by atoms with van der Waals surface area (Å²) in [6, 6.07) is 11.2. The van der Waals surface area contributed by atoms with Gasteiger partial charge in [0.25, 0.3) is 11.8 Å². The van der Waals surface area contributed by atoms with Crippen LogP contribution in [-0.2, 0) is 14.8 Å². The predicted octanol–water partition coefficient (Wildman–Crippen LogP) is 2.41. The summed E-state index contributed by atoms with van der Waals surface area (Å²) >= 11 is 0. The molecular weight excluding hydrogens is 418 g/mol. The van der Waals surface area contributed by atoms with E-state index in [1.54, 1.807) is 50.4 Å². The fraction of sp³-hybridized carbons (Fsp3) is 0.364. The summed E-state index contributed by atoms with van der Waals surface area (Å²) in [4.78, 5) is 25.5. The second kappa shape index (κ2) is 10.0. The lowest BCUT2D eigenvalue weighted by molar-refractivity contribution is 0.0938. The molecule has 2 amide bonds. The van der Waals surface area contributed by atoms with Gasteiger partial charge in [0.2, 0.25) is 10.0 Å². The topological polar surface area (TPSA) is 105 Å². The highest BCUT2D eigenvalue weighted by molar-refractivity contribution is 7.89. The Labute approximate surface area is 182 Å². The fourth-order valence-corrected chi connectivity index (χ4v) is 5.20. The van der Waals surface area contributed by atoms with Crippen LogP contribution in [0.1, 0.15) is 39.1 Å². The van der Waals surface area contributed by atoms with Gasteiger partial charge in [-0.15, -0.1) is 0 Å². The Morgan fingerprint density at radius 1 is 1.06 bits per heavy atom. The third-order valence-corrected chi connectivity index (χ3v) is 7.19. The molecule has 0 saturated carbocycles. The molecule has 0 spiro atoms. The van der Waals surface area contributed by atoms with Crippen molar-refractivity contribution in [1.82, 2.24) is 9.62 Å². The number of amides is 2. The van der Waals surface area contributed by atoms with Crippen molar-refractivity contribution in [2.24, 2.45) is 0 Å². The highest BCUT2D eigenvalue weighted by Crippen LogP contribution is 2.25. The number of methoxy groups -OCH3 is 1. The van der Waals surface area contributed by atoms with Gasteiger partial charge in [0.1, 0.15) is 0 Å². The maximum atomic E-state index is 13.0. The van der Waals surface area contributed by atoms with Gasteiger partial charge < -0.3 is 15.4 Å². The summed E-state index contributed by atoms with van der Waals surface area (Å²) in [5, 5.41) is 5.45. The molecule has 166 valence electrons. The highest BCUT2D eigenvalue weighted by atomic mass is 32.2. The molecule has 1 aliphatic heterocycles. The number of rotatable bonds is 8. The number of carbonyl (C=O) groups excluding carboxylic acids is 2. The van der Waals surface area contributed by atoms with Crippen molar-refractivity contribution >= 4 is 27.5 Å². The molecule has 9 heteroatoms. The molecule has 0 radical (unpaired) electrons. The van der Waals surface area contributed by atoms with Crippen molar-refractivity contribution in [3.63, 3.8) is 0 Å². The maximum Gasteiger partial charge on any atom is 0.255 e. The Morgan fingerprint density at radius 2 is 1.77 bits per heavy atom. The first-order chi connectivity index (χ1) is 14.8. The number of hydrogen-bond acceptors (Lipinski definition) is 5. The molecule has 1 aliphatic rings. The summed E-state index contributed by atoms with van der Waals surface area (Å²) in [7, 11) is -2.11. The van der Waals surface area contributed by atoms with Crippen molar-refractivity contribution in [3.05, 3.63) is 59.2 Å². The Morgan fingerprint density at radius 3 is 2.48 bits per heavy atom. The normalized spacial score (nSPS) is 14.4. The van der Waals surface area contributed by atoms with Gasteiger partial charge in [0.05, 0.1) is 22.8 Å². The van der Waals surface area contributed by atoms with E-state index in [4.69, 9.17) is 4.74 Å². The van der Waals surface area contributed by atoms with Crippen LogP contribution in [0.4, 0.5) is 5.69 Å². The molecule has 1 fully saturated rings. The average Bonchev–Trinajstić information content (AvgIpc) is 3.30. The van der Waals surface area contributed by atoms with E-state index in [1.807, 2.05) is 0 Å². The van der Waals surface area contributed by atoms with E-state index in [9.17, 15) is 18.0 Å². The molecule has 0 atom stereocenters. The first kappa shape index (κ1) is 22.9. The van der Waals surface area contributed by atoms with Gasteiger partial charge in [-0.3, -0.25) is 9.59 Å². The number of ether oxygens (including phenoxy) is 1. The largest absolute Gasteiger partial charge is 0.383 e. The lowest BCUT2D eigenvalue weighted by atomic mass is 10.1. The molecule has 2 aromatic rings. The molecule has 2 N–H and O–H groups in total. The average molecular weight is 446 g/mol. The molecule has 0 bridgehead atoms. The Bertz CT molecular complexity index is 1060. The van der Waals surface area contributed by atoms with Crippen molar-refractivity contribution in [1.29, 1.82) is 0 Å². The highest BCUT2D eigenvalue weighted by Gasteiger charge is 2.29. The van der Waals surface area contributed by atoms with Crippen LogP contribution >= 0.6 is 0 Å². The van der Waals surface area contributed by atoms with Gasteiger partial charge in [0.15, 0.2) is 0 Å². The Kier molecular flexibility index (Phi) is 7.42. The molecule has 1 heterocycles. The van der Waals surface area contributed by atoms with Crippen molar-refractivity contribution in [3.8, 4) is 0 Å². The van der Waals surface area contributed by atoms with Crippen molar-refractivity contribution < 1.29 is 22.7 Å². The second-order valence-electron chi connectivity index (χ2n) is 7.34. The standard InChI is InChI=1S/C22H27N3O5S/c1-16-9-10-17(15-20(16)31(28,29)25-12-5-6-13-25)21(26)24-19-8-4-3-7-18(19)22(27)23-11-14-30-2/h3-4,7-10,15H,5-6,11-14H2,1-2H3,(H,23,27)(H,24,26). The number of carbonyl (C=O) groups is 2. The Hall–Kier alpha value is -2.75. The second-order valence-corrected chi connectivity index (χ2v) is 9.25. The van der Waals surface area contributed by atoms with E-state index in [0.29, 0.717) is 43.1 Å². The zero-order valence-corrected chi connectivity index (χ0v) is 18.5. The van der Waals surface area contributed by atoms with Crippen LogP contribution in [-0.4, -0.2) is 57.9 Å². The van der Waals surface area contributed by atoms with Crippen LogP contribution in [0.25, 0.3) is 0 Å². The minimum atomic E-state index is -3.66. The van der Waals surface area contributed by atoms with Gasteiger partial charge >= 0.3 is 0 Å². The lowest BCUT2D eigenvalue weighted by Gasteiger charge is -2.18. The van der Waals surface area contributed by atoms with E-state index in [-0.39, 0.29) is 16.4 Å². The smallest absolute Gasteiger partial charge is 0.255 e. The first-order valence-corrected chi connectivity index (χ1v) is 11.6. The number of nitrogens with one attached hydrogen (secondary N) is 2. The van der Waals surface area contributed by atoms with Gasteiger partial charge in [-0.1, -0.05) is 18.2 Å². The molecule has 1 saturated heterocycles. The van der Waals surface area contributed by atoms with Crippen LogP contribution < -0.4 is 10.6 Å². The third-order valence-electron chi connectivity index (χ3n) is 5.14. The van der Waals surface area contributed by atoms with E-state index < -0.39 is 15.9 Å². The minimum absolute atomic E-state index is 0.132. The van der Waals surface area contributed by atoms with E-state index in [0.717, 1.165) is 12.8 Å². The summed E-state index contributed by atoms with van der Waals surface area (Å²) in [5.74, 6) is -0.829. The van der Waals surface area contributed by atoms with Crippen LogP contribution in [0.3, 0.4) is 0 Å². The number of nitrogens with zero attached hydrogens (tertiary/aromatic N) is 1. The molecule has 0 aromatic heterocycles. The van der Waals surface area contributed by atoms with Gasteiger partial charge in [-0.2, -0.15) is 4.31 Å². The third kappa shape index (κ3) is 5.30. The number of para-hydroxylation sites is 1. The van der Waals surface area contributed by atoms with Crippen LogP contribution in [0.2, 0.25) is 0 Å². The number of anilines is 1. The fourth-order valence-electron chi connectivity index (χ4n) is 3.43. The summed E-state index contributed by atoms with van der Waals surface area (Å²) in [6.07, 6.45) is 1.67. The molecule has 3 rings (SSSR count). The summed E-state index contributed by atoms with van der Waals surface area (Å²) in [5.41, 5.74) is 1.44. The quantitative estimate of drug-likeness (QED) is 0.607. The van der Waals surface area contributed by atoms with Crippen LogP contribution in [0.5, 0.6) is 0 Å². The van der Waals surface area contributed by atoms with Crippen molar-refractivity contribution in [2.45, 2.75) is 24.7 Å². The number of aryl methyl sites for hydroxylation is 1. The monoisotopic (exact) mass is 445 g/mol. The van der Waals surface area contributed by atoms with Gasteiger partial charge in [0, 0.05) is 32.3 Å². The molecule has 31 heavy (non-hydrogen) atoms. The zero-order chi connectivity index (χ0) is 22.4. The molecule has 2 aromatic carbocycles. The van der Waals surface area contributed by atoms with Crippen LogP contribution in [0, 0.1) is 6.92 Å². The lowest BCUT2D eigenvalue weighted by Crippen LogP contribution is -2.29. The molecule has 0 unspecified atom stereocenters. The van der Waals surface area contributed by atoms with Crippen LogP contribution in [0.15, 0.2) is 47.4 Å². The maximum absolute atomic E-state index is 13.0. The van der Waals surface area contributed by atoms with E-state index in [2.05, 4.69) is 10.6 Å². The van der Waals surface area contributed by atoms with Gasteiger partial charge in [-0.25, -0.2) is 8.42 Å². The predicted molar refractivity (Wildman–Crippen MR) is 118 cm³/mol. The van der Waals surface area contributed by atoms with Crippen molar-refractivity contribution in [2.75, 3.05) is 38.7 Å². The Balaban J connectivity index is 1.83. The van der Waals surface area contributed by atoms with E-state index in [1.165, 1.54) is 10.4 Å².